The maximum atomic E-state index is 2.35. The molecule has 0 fully saturated rings. The monoisotopic (exact) mass is 936 g/mol. The van der Waals surface area contributed by atoms with E-state index in [4.69, 9.17) is 0 Å². The molecule has 0 N–H and O–H groups in total. The first-order valence-corrected chi connectivity index (χ1v) is 30.1. The zero-order valence-electron chi connectivity index (χ0n) is 24.8. The van der Waals surface area contributed by atoms with Crippen LogP contribution < -0.4 is 0 Å². The minimum absolute atomic E-state index is 1.32. The Morgan fingerprint density at radius 1 is 0.348 bits per heavy atom. The summed E-state index contributed by atoms with van der Waals surface area (Å²) in [4.78, 5) is 5.29. The third-order valence-electron chi connectivity index (χ3n) is 5.66. The molecule has 6 aliphatic rings. The lowest BCUT2D eigenvalue weighted by Crippen LogP contribution is -1.73. The van der Waals surface area contributed by atoms with Crippen LogP contribution in [0.2, 0.25) is 0 Å². The van der Waals surface area contributed by atoms with Gasteiger partial charge < -0.3 is 0 Å². The lowest BCUT2D eigenvalue weighted by molar-refractivity contribution is 1.79. The number of hydrogen-bond acceptors (Lipinski definition) is 18. The smallest absolute Gasteiger partial charge is 0.0717 e. The van der Waals surface area contributed by atoms with Crippen LogP contribution >= 0.6 is 212 Å². The Kier molecular flexibility index (Phi) is 16.3. The zero-order chi connectivity index (χ0) is 32.2. The highest BCUT2D eigenvalue weighted by atomic mass is 32.3. The van der Waals surface area contributed by atoms with E-state index in [1.54, 1.807) is 0 Å². The van der Waals surface area contributed by atoms with E-state index in [9.17, 15) is 0 Å². The second kappa shape index (κ2) is 19.2. The SMILES string of the molecule is CSC1=C(SC)SC(=C2SC=C(/C=C/C3=C(/C=C/C4=CSC(=C5SC(SC)=C(SC)S5)S4)SC(=C4SC(SC)=C(SC)S4)S3)S2)S1. The predicted molar refractivity (Wildman–Crippen MR) is 256 cm³/mol. The van der Waals surface area contributed by atoms with Gasteiger partial charge in [0, 0.05) is 19.6 Å². The van der Waals surface area contributed by atoms with Gasteiger partial charge in [0.05, 0.1) is 50.8 Å². The first kappa shape index (κ1) is 39.1. The summed E-state index contributed by atoms with van der Waals surface area (Å²) in [5, 5.41) is 4.63. The van der Waals surface area contributed by atoms with Crippen LogP contribution in [0.1, 0.15) is 0 Å². The normalized spacial score (nSPS) is 22.8. The fourth-order valence-electron chi connectivity index (χ4n) is 3.63. The average molecular weight is 938 g/mol. The fourth-order valence-corrected chi connectivity index (χ4v) is 26.4. The Hall–Kier alpha value is 3.44. The predicted octanol–water partition coefficient (Wildman–Crippen LogP) is 16.8. The first-order valence-electron chi connectivity index (χ1n) is 12.8. The van der Waals surface area contributed by atoms with Gasteiger partial charge in [-0.2, -0.15) is 0 Å². The summed E-state index contributed by atoms with van der Waals surface area (Å²) >= 11 is 34.2. The Morgan fingerprint density at radius 3 is 0.935 bits per heavy atom. The first-order chi connectivity index (χ1) is 22.5. The topological polar surface area (TPSA) is 0 Å². The molecule has 0 nitrogen and oxygen atoms in total. The summed E-state index contributed by atoms with van der Waals surface area (Å²) < 4.78 is 17.1. The van der Waals surface area contributed by atoms with Crippen LogP contribution in [0.5, 0.6) is 0 Å². The Morgan fingerprint density at radius 2 is 0.630 bits per heavy atom. The molecule has 0 aromatic carbocycles. The van der Waals surface area contributed by atoms with Crippen molar-refractivity contribution >= 4 is 212 Å². The fraction of sp³-hybridized carbons (Fsp3) is 0.214. The van der Waals surface area contributed by atoms with E-state index in [0.717, 1.165) is 0 Å². The quantitative estimate of drug-likeness (QED) is 0.204. The molecule has 244 valence electrons. The van der Waals surface area contributed by atoms with Gasteiger partial charge in [0.1, 0.15) is 0 Å². The van der Waals surface area contributed by atoms with E-state index >= 15 is 0 Å². The van der Waals surface area contributed by atoms with Gasteiger partial charge in [-0.25, -0.2) is 0 Å². The third-order valence-corrected chi connectivity index (χ3v) is 30.2. The molecule has 0 aliphatic carbocycles. The molecule has 0 spiro atoms. The van der Waals surface area contributed by atoms with E-state index in [0.29, 0.717) is 0 Å². The Labute approximate surface area is 349 Å². The lowest BCUT2D eigenvalue weighted by Gasteiger charge is -2.02. The van der Waals surface area contributed by atoms with Crippen molar-refractivity contribution in [1.29, 1.82) is 0 Å². The van der Waals surface area contributed by atoms with Gasteiger partial charge in [0.25, 0.3) is 0 Å². The summed E-state index contributed by atoms with van der Waals surface area (Å²) in [5.41, 5.74) is 0. The van der Waals surface area contributed by atoms with Crippen molar-refractivity contribution in [3.05, 3.63) is 106 Å². The standard InChI is InChI=1S/C28H24S18/c1-29-17-18(30-2)42-25(41-17)23-35-11-13(37-23)7-9-15-16(40-27(39-15)28-45-21(33-5)22(34-6)46-28)10-8-14-12-36-24(38-14)26-43-19(31-3)20(32-4)44-26/h7-12H,1-6H3/b9-7+,10-8+. The average Bonchev–Trinajstić information content (AvgIpc) is 3.92. The van der Waals surface area contributed by atoms with Crippen LogP contribution in [0.3, 0.4) is 0 Å². The maximum absolute atomic E-state index is 2.35. The molecule has 0 radical (unpaired) electrons. The Balaban J connectivity index is 1.18. The summed E-state index contributed by atoms with van der Waals surface area (Å²) in [6.45, 7) is 0. The van der Waals surface area contributed by atoms with Crippen LogP contribution in [0.15, 0.2) is 106 Å². The van der Waals surface area contributed by atoms with E-state index in [1.807, 2.05) is 212 Å². The zero-order valence-corrected chi connectivity index (χ0v) is 39.5. The molecule has 6 rings (SSSR count). The molecule has 0 aromatic rings. The molecule has 0 amide bonds. The highest BCUT2D eigenvalue weighted by molar-refractivity contribution is 8.44. The van der Waals surface area contributed by atoms with Gasteiger partial charge in [-0.05, 0) is 72.7 Å². The van der Waals surface area contributed by atoms with Gasteiger partial charge in [-0.15, -0.1) is 70.6 Å². The van der Waals surface area contributed by atoms with E-state index in [-0.39, 0.29) is 0 Å². The molecule has 0 saturated carbocycles. The van der Waals surface area contributed by atoms with Crippen LogP contribution in [0, 0.1) is 0 Å². The van der Waals surface area contributed by atoms with E-state index in [2.05, 4.69) is 72.7 Å². The molecule has 0 atom stereocenters. The number of thioether (sulfide) groups is 18. The second-order valence-electron chi connectivity index (χ2n) is 8.37. The largest absolute Gasteiger partial charge is 0.121 e. The number of rotatable bonds is 10. The molecule has 6 aliphatic heterocycles. The van der Waals surface area contributed by atoms with Gasteiger partial charge in [0.15, 0.2) is 0 Å². The summed E-state index contributed by atoms with van der Waals surface area (Å²) in [6.07, 6.45) is 22.4. The van der Waals surface area contributed by atoms with Crippen molar-refractivity contribution in [1.82, 2.24) is 0 Å². The molecule has 46 heavy (non-hydrogen) atoms. The lowest BCUT2D eigenvalue weighted by atomic mass is 10.4. The Bertz CT molecular complexity index is 1490. The highest BCUT2D eigenvalue weighted by Crippen LogP contribution is 2.65. The van der Waals surface area contributed by atoms with E-state index in [1.165, 1.54) is 70.5 Å². The maximum Gasteiger partial charge on any atom is 0.0717 e. The molecule has 0 bridgehead atoms. The molecule has 6 heterocycles. The third kappa shape index (κ3) is 9.56. The summed E-state index contributed by atoms with van der Waals surface area (Å²) in [7, 11) is 0. The summed E-state index contributed by atoms with van der Waals surface area (Å²) in [6, 6.07) is 0. The molecular formula is C28H24S18. The van der Waals surface area contributed by atoms with Crippen molar-refractivity contribution in [2.24, 2.45) is 0 Å². The molecule has 0 saturated heterocycles. The minimum Gasteiger partial charge on any atom is -0.121 e. The van der Waals surface area contributed by atoms with Crippen LogP contribution in [0.4, 0.5) is 0 Å². The van der Waals surface area contributed by atoms with E-state index < -0.39 is 0 Å². The van der Waals surface area contributed by atoms with Gasteiger partial charge in [0.2, 0.25) is 0 Å². The van der Waals surface area contributed by atoms with Gasteiger partial charge >= 0.3 is 0 Å². The van der Waals surface area contributed by atoms with Crippen molar-refractivity contribution in [2.45, 2.75) is 0 Å². The van der Waals surface area contributed by atoms with Crippen LogP contribution in [0.25, 0.3) is 0 Å². The summed E-state index contributed by atoms with van der Waals surface area (Å²) in [5.74, 6) is 0. The molecule has 18 heteroatoms. The molecule has 0 aromatic heterocycles. The van der Waals surface area contributed by atoms with Gasteiger partial charge in [-0.3, -0.25) is 0 Å². The van der Waals surface area contributed by atoms with Crippen molar-refractivity contribution in [2.75, 3.05) is 37.5 Å². The molecule has 0 unspecified atom stereocenters. The van der Waals surface area contributed by atoms with Crippen molar-refractivity contribution in [3.63, 3.8) is 0 Å². The van der Waals surface area contributed by atoms with Crippen molar-refractivity contribution in [3.8, 4) is 0 Å². The minimum atomic E-state index is 1.32. The molecular weight excluding hydrogens is 914 g/mol. The van der Waals surface area contributed by atoms with Crippen molar-refractivity contribution < 1.29 is 0 Å². The number of hydrogen-bond donors (Lipinski definition) is 0. The number of allylic oxidation sites excluding steroid dienone is 4. The highest BCUT2D eigenvalue weighted by Gasteiger charge is 2.30. The second-order valence-corrected chi connectivity index (χ2v) is 28.5. The van der Waals surface area contributed by atoms with Gasteiger partial charge in [-0.1, -0.05) is 141 Å². The van der Waals surface area contributed by atoms with Crippen LogP contribution in [-0.2, 0) is 0 Å². The van der Waals surface area contributed by atoms with Crippen LogP contribution in [-0.4, -0.2) is 37.5 Å².